The van der Waals surface area contributed by atoms with Crippen molar-refractivity contribution in [1.29, 1.82) is 0 Å². The second-order valence-corrected chi connectivity index (χ2v) is 6.16. The maximum Gasteiger partial charge on any atom is 0.254 e. The summed E-state index contributed by atoms with van der Waals surface area (Å²) in [4.78, 5) is 37.1. The molecule has 0 unspecified atom stereocenters. The van der Waals surface area contributed by atoms with Crippen LogP contribution < -0.4 is 10.6 Å². The van der Waals surface area contributed by atoms with E-state index in [4.69, 9.17) is 0 Å². The maximum absolute atomic E-state index is 12.7. The molecule has 1 aromatic carbocycles. The molecule has 1 heterocycles. The monoisotopic (exact) mass is 317 g/mol. The van der Waals surface area contributed by atoms with Crippen molar-refractivity contribution in [1.82, 2.24) is 4.90 Å². The average Bonchev–Trinajstić information content (AvgIpc) is 2.44. The van der Waals surface area contributed by atoms with E-state index in [2.05, 4.69) is 17.6 Å². The Morgan fingerprint density at radius 2 is 1.61 bits per heavy atom. The van der Waals surface area contributed by atoms with Gasteiger partial charge in [-0.05, 0) is 37.0 Å². The van der Waals surface area contributed by atoms with E-state index >= 15 is 0 Å². The minimum Gasteiger partial charge on any atom is -0.338 e. The summed E-state index contributed by atoms with van der Waals surface area (Å²) in [7, 11) is 0. The molecule has 6 heteroatoms. The molecule has 0 radical (unpaired) electrons. The zero-order valence-electron chi connectivity index (χ0n) is 13.8. The smallest absolute Gasteiger partial charge is 0.254 e. The molecule has 124 valence electrons. The van der Waals surface area contributed by atoms with Gasteiger partial charge >= 0.3 is 0 Å². The van der Waals surface area contributed by atoms with Crippen LogP contribution in [0.4, 0.5) is 11.4 Å². The van der Waals surface area contributed by atoms with Crippen molar-refractivity contribution in [2.45, 2.75) is 33.6 Å². The van der Waals surface area contributed by atoms with Gasteiger partial charge in [-0.15, -0.1) is 0 Å². The van der Waals surface area contributed by atoms with Crippen molar-refractivity contribution in [2.24, 2.45) is 5.92 Å². The summed E-state index contributed by atoms with van der Waals surface area (Å²) >= 11 is 0. The van der Waals surface area contributed by atoms with E-state index in [0.29, 0.717) is 22.9 Å². The Morgan fingerprint density at radius 1 is 1.04 bits per heavy atom. The Bertz CT molecular complexity index is 593. The Kier molecular flexibility index (Phi) is 5.36. The molecule has 0 spiro atoms. The highest BCUT2D eigenvalue weighted by Gasteiger charge is 2.22. The van der Waals surface area contributed by atoms with Gasteiger partial charge in [0.05, 0.1) is 0 Å². The fourth-order valence-corrected chi connectivity index (χ4v) is 2.86. The van der Waals surface area contributed by atoms with Gasteiger partial charge in [0.1, 0.15) is 0 Å². The standard InChI is InChI=1S/C17H23N3O3/c1-11-5-4-6-20(10-11)17(23)14-7-15(18-12(2)21)9-16(8-14)19-13(3)22/h7-9,11H,4-6,10H2,1-3H3,(H,18,21)(H,19,22)/t11-/m1/s1. The summed E-state index contributed by atoms with van der Waals surface area (Å²) in [5.74, 6) is -0.0404. The number of carbonyl (C=O) groups is 3. The van der Waals surface area contributed by atoms with Crippen LogP contribution in [-0.4, -0.2) is 35.7 Å². The SMILES string of the molecule is CC(=O)Nc1cc(NC(C)=O)cc(C(=O)N2CCC[C@@H](C)C2)c1. The van der Waals surface area contributed by atoms with Crippen LogP contribution >= 0.6 is 0 Å². The highest BCUT2D eigenvalue weighted by molar-refractivity contribution is 6.00. The number of rotatable bonds is 3. The van der Waals surface area contributed by atoms with Crippen LogP contribution in [0.25, 0.3) is 0 Å². The molecule has 1 atom stereocenters. The van der Waals surface area contributed by atoms with Crippen LogP contribution in [0.15, 0.2) is 18.2 Å². The van der Waals surface area contributed by atoms with Crippen LogP contribution in [0.5, 0.6) is 0 Å². The lowest BCUT2D eigenvalue weighted by molar-refractivity contribution is -0.115. The van der Waals surface area contributed by atoms with Crippen molar-refractivity contribution >= 4 is 29.1 Å². The van der Waals surface area contributed by atoms with Gasteiger partial charge in [0, 0.05) is 43.9 Å². The summed E-state index contributed by atoms with van der Waals surface area (Å²) in [6.45, 7) is 6.41. The summed E-state index contributed by atoms with van der Waals surface area (Å²) in [6, 6.07) is 4.93. The van der Waals surface area contributed by atoms with Crippen LogP contribution in [0.2, 0.25) is 0 Å². The number of carbonyl (C=O) groups excluding carboxylic acids is 3. The van der Waals surface area contributed by atoms with Gasteiger partial charge in [-0.1, -0.05) is 6.92 Å². The maximum atomic E-state index is 12.7. The fraction of sp³-hybridized carbons (Fsp3) is 0.471. The zero-order valence-corrected chi connectivity index (χ0v) is 13.8. The summed E-state index contributed by atoms with van der Waals surface area (Å²) in [5, 5.41) is 5.33. The minimum atomic E-state index is -0.227. The van der Waals surface area contributed by atoms with Gasteiger partial charge in [-0.25, -0.2) is 0 Å². The first-order valence-electron chi connectivity index (χ1n) is 7.84. The molecule has 2 N–H and O–H groups in total. The van der Waals surface area contributed by atoms with Gasteiger partial charge in [-0.2, -0.15) is 0 Å². The first-order valence-corrected chi connectivity index (χ1v) is 7.84. The lowest BCUT2D eigenvalue weighted by atomic mass is 9.99. The van der Waals surface area contributed by atoms with E-state index in [9.17, 15) is 14.4 Å². The molecule has 1 aromatic rings. The van der Waals surface area contributed by atoms with Crippen molar-refractivity contribution < 1.29 is 14.4 Å². The quantitative estimate of drug-likeness (QED) is 0.899. The molecular formula is C17H23N3O3. The van der Waals surface area contributed by atoms with E-state index in [1.165, 1.54) is 13.8 Å². The van der Waals surface area contributed by atoms with Gasteiger partial charge in [0.2, 0.25) is 11.8 Å². The third-order valence-electron chi connectivity index (χ3n) is 3.76. The number of hydrogen-bond donors (Lipinski definition) is 2. The predicted molar refractivity (Wildman–Crippen MR) is 89.4 cm³/mol. The number of nitrogens with one attached hydrogen (secondary N) is 2. The number of hydrogen-bond acceptors (Lipinski definition) is 3. The van der Waals surface area contributed by atoms with Gasteiger partial charge in [-0.3, -0.25) is 14.4 Å². The van der Waals surface area contributed by atoms with E-state index in [0.717, 1.165) is 25.9 Å². The molecule has 1 fully saturated rings. The average molecular weight is 317 g/mol. The van der Waals surface area contributed by atoms with Crippen LogP contribution in [0.1, 0.15) is 44.0 Å². The third-order valence-corrected chi connectivity index (χ3v) is 3.76. The Hall–Kier alpha value is -2.37. The van der Waals surface area contributed by atoms with Gasteiger partial charge in [0.15, 0.2) is 0 Å². The molecule has 6 nitrogen and oxygen atoms in total. The van der Waals surface area contributed by atoms with Gasteiger partial charge in [0.25, 0.3) is 5.91 Å². The number of amides is 3. The van der Waals surface area contributed by atoms with Crippen LogP contribution in [-0.2, 0) is 9.59 Å². The number of benzene rings is 1. The van der Waals surface area contributed by atoms with Crippen LogP contribution in [0, 0.1) is 5.92 Å². The number of nitrogens with zero attached hydrogens (tertiary/aromatic N) is 1. The van der Waals surface area contributed by atoms with E-state index in [1.807, 2.05) is 4.90 Å². The number of piperidine rings is 1. The highest BCUT2D eigenvalue weighted by Crippen LogP contribution is 2.23. The molecule has 0 bridgehead atoms. The Labute approximate surface area is 136 Å². The molecule has 1 aliphatic rings. The second-order valence-electron chi connectivity index (χ2n) is 6.16. The molecule has 0 aliphatic carbocycles. The lowest BCUT2D eigenvalue weighted by Gasteiger charge is -2.31. The number of anilines is 2. The van der Waals surface area contributed by atoms with Crippen molar-refractivity contribution in [3.05, 3.63) is 23.8 Å². The fourth-order valence-electron chi connectivity index (χ4n) is 2.86. The summed E-state index contributed by atoms with van der Waals surface area (Å²) in [5.41, 5.74) is 1.46. The number of likely N-dealkylation sites (tertiary alicyclic amines) is 1. The van der Waals surface area contributed by atoms with Gasteiger partial charge < -0.3 is 15.5 Å². The summed E-state index contributed by atoms with van der Waals surface area (Å²) < 4.78 is 0. The normalized spacial score (nSPS) is 17.5. The van der Waals surface area contributed by atoms with Crippen LogP contribution in [0.3, 0.4) is 0 Å². The molecule has 0 saturated carbocycles. The topological polar surface area (TPSA) is 78.5 Å². The Morgan fingerprint density at radius 3 is 2.09 bits per heavy atom. The Balaban J connectivity index is 2.29. The zero-order chi connectivity index (χ0) is 17.0. The van der Waals surface area contributed by atoms with Crippen molar-refractivity contribution in [3.63, 3.8) is 0 Å². The first-order chi connectivity index (χ1) is 10.8. The molecule has 1 aliphatic heterocycles. The lowest BCUT2D eigenvalue weighted by Crippen LogP contribution is -2.39. The predicted octanol–water partition coefficient (Wildman–Crippen LogP) is 2.48. The third kappa shape index (κ3) is 4.81. The van der Waals surface area contributed by atoms with E-state index < -0.39 is 0 Å². The first kappa shape index (κ1) is 17.0. The molecular weight excluding hydrogens is 294 g/mol. The second kappa shape index (κ2) is 7.26. The molecule has 0 aromatic heterocycles. The molecule has 3 amide bonds. The van der Waals surface area contributed by atoms with E-state index in [-0.39, 0.29) is 17.7 Å². The largest absolute Gasteiger partial charge is 0.338 e. The van der Waals surface area contributed by atoms with E-state index in [1.54, 1.807) is 18.2 Å². The molecule has 1 saturated heterocycles. The highest BCUT2D eigenvalue weighted by atomic mass is 16.2. The molecule has 23 heavy (non-hydrogen) atoms. The minimum absolute atomic E-state index is 0.0737. The van der Waals surface area contributed by atoms with Crippen molar-refractivity contribution in [3.8, 4) is 0 Å². The molecule has 2 rings (SSSR count). The summed E-state index contributed by atoms with van der Waals surface area (Å²) in [6.07, 6.45) is 2.13. The van der Waals surface area contributed by atoms with Crippen molar-refractivity contribution in [2.75, 3.05) is 23.7 Å².